The molecule has 1 unspecified atom stereocenters. The van der Waals surface area contributed by atoms with Gasteiger partial charge in [0.2, 0.25) is 0 Å². The number of quaternary nitrogens is 1. The van der Waals surface area contributed by atoms with Gasteiger partial charge in [-0.3, -0.25) is 0 Å². The largest absolute Gasteiger partial charge is 0.548 e. The van der Waals surface area contributed by atoms with Gasteiger partial charge in [0.25, 0.3) is 0 Å². The average molecular weight is 224 g/mol. The number of aliphatic hydroxyl groups is 1. The van der Waals surface area contributed by atoms with Crippen molar-refractivity contribution in [1.82, 2.24) is 0 Å². The molecule has 1 atom stereocenters. The first kappa shape index (κ1) is 16.1. The fraction of sp³-hybridized carbons (Fsp3) is 0.875. The summed E-state index contributed by atoms with van der Waals surface area (Å²) >= 11 is 3.61. The molecule has 14 heavy (non-hydrogen) atoms. The number of aliphatic carboxylic acids is 1. The Morgan fingerprint density at radius 2 is 2.00 bits per heavy atom. The summed E-state index contributed by atoms with van der Waals surface area (Å²) in [7, 11) is 6.16. The van der Waals surface area contributed by atoms with Crippen molar-refractivity contribution in [2.45, 2.75) is 6.04 Å². The second-order valence-corrected chi connectivity index (χ2v) is 4.21. The van der Waals surface area contributed by atoms with Crippen LogP contribution < -0.4 is 10.8 Å². The van der Waals surface area contributed by atoms with E-state index in [1.807, 2.05) is 0 Å². The lowest BCUT2D eigenvalue weighted by atomic mass is 10.4. The highest BCUT2D eigenvalue weighted by atomic mass is 32.1. The van der Waals surface area contributed by atoms with Crippen molar-refractivity contribution in [3.8, 4) is 0 Å². The number of nitrogens with zero attached hydrogens (tertiary/aromatic N) is 1. The Labute approximate surface area is 90.5 Å². The van der Waals surface area contributed by atoms with Gasteiger partial charge in [-0.15, -0.1) is 0 Å². The Balaban J connectivity index is 0. The molecule has 86 valence electrons. The molecule has 3 N–H and O–H groups in total. The standard InChI is InChI=1S/C5H14NO.C3H7NO2S/c1-6(2,3)4-5-7;4-2(1-7)3(5)6/h7H,4-5H2,1-3H3;2,7H,1,4H2,(H,5,6)/q+1;/p-1. The van der Waals surface area contributed by atoms with E-state index in [-0.39, 0.29) is 12.4 Å². The van der Waals surface area contributed by atoms with E-state index in [9.17, 15) is 9.90 Å². The average Bonchev–Trinajstić information content (AvgIpc) is 2.01. The maximum absolute atomic E-state index is 9.65. The van der Waals surface area contributed by atoms with Crippen LogP contribution in [0.2, 0.25) is 0 Å². The van der Waals surface area contributed by atoms with Crippen LogP contribution in [0.4, 0.5) is 0 Å². The number of rotatable bonds is 4. The highest BCUT2D eigenvalue weighted by Gasteiger charge is 2.02. The zero-order valence-corrected chi connectivity index (χ0v) is 9.83. The normalized spacial score (nSPS) is 12.7. The zero-order chi connectivity index (χ0) is 11.8. The highest BCUT2D eigenvalue weighted by Crippen LogP contribution is 1.84. The lowest BCUT2D eigenvalue weighted by Gasteiger charge is -2.21. The number of hydrogen-bond acceptors (Lipinski definition) is 5. The maximum atomic E-state index is 9.65. The summed E-state index contributed by atoms with van der Waals surface area (Å²) in [5.74, 6) is -1.13. The molecule has 0 aromatic heterocycles. The van der Waals surface area contributed by atoms with E-state index in [2.05, 4.69) is 33.8 Å². The highest BCUT2D eigenvalue weighted by molar-refractivity contribution is 7.80. The molecule has 5 nitrogen and oxygen atoms in total. The molecule has 0 saturated heterocycles. The summed E-state index contributed by atoms with van der Waals surface area (Å²) < 4.78 is 0.844. The second kappa shape index (κ2) is 8.05. The lowest BCUT2D eigenvalue weighted by Crippen LogP contribution is -2.42. The van der Waals surface area contributed by atoms with Crippen LogP contribution in [0.3, 0.4) is 0 Å². The predicted molar refractivity (Wildman–Crippen MR) is 56.8 cm³/mol. The second-order valence-electron chi connectivity index (χ2n) is 3.85. The SMILES string of the molecule is C[N+](C)(C)CCO.NC(CS)C(=O)[O-]. The first-order chi connectivity index (χ1) is 6.24. The molecule has 0 aromatic rings. The van der Waals surface area contributed by atoms with E-state index < -0.39 is 12.0 Å². The third-order valence-electron chi connectivity index (χ3n) is 1.27. The van der Waals surface area contributed by atoms with Gasteiger partial charge in [-0.25, -0.2) is 0 Å². The molecule has 0 fully saturated rings. The quantitative estimate of drug-likeness (QED) is 0.369. The molecular formula is C8H20N2O3S. The molecule has 0 heterocycles. The van der Waals surface area contributed by atoms with Crippen LogP contribution in [-0.4, -0.2) is 61.6 Å². The first-order valence-corrected chi connectivity index (χ1v) is 4.86. The van der Waals surface area contributed by atoms with Crippen molar-refractivity contribution in [1.29, 1.82) is 0 Å². The number of likely N-dealkylation sites (N-methyl/N-ethyl adjacent to an activating group) is 1. The van der Waals surface area contributed by atoms with E-state index in [0.717, 1.165) is 11.0 Å². The van der Waals surface area contributed by atoms with Crippen LogP contribution >= 0.6 is 12.6 Å². The van der Waals surface area contributed by atoms with Crippen molar-refractivity contribution >= 4 is 18.6 Å². The molecule has 0 saturated carbocycles. The maximum Gasteiger partial charge on any atom is 0.101 e. The summed E-state index contributed by atoms with van der Waals surface area (Å²) in [5, 5.41) is 18.0. The van der Waals surface area contributed by atoms with Crippen molar-refractivity contribution in [2.75, 3.05) is 40.0 Å². The lowest BCUT2D eigenvalue weighted by molar-refractivity contribution is -0.870. The Kier molecular flexibility index (Phi) is 9.28. The molecule has 0 aliphatic rings. The predicted octanol–water partition coefficient (Wildman–Crippen LogP) is -2.32. The minimum Gasteiger partial charge on any atom is -0.548 e. The Morgan fingerprint density at radius 3 is 2.00 bits per heavy atom. The minimum atomic E-state index is -1.25. The number of hydrogen-bond donors (Lipinski definition) is 3. The number of carboxylic acids is 1. The molecule has 0 radical (unpaired) electrons. The molecule has 0 aliphatic carbocycles. The number of carbonyl (C=O) groups is 1. The van der Waals surface area contributed by atoms with Crippen molar-refractivity contribution in [3.05, 3.63) is 0 Å². The number of aliphatic hydroxyl groups excluding tert-OH is 1. The van der Waals surface area contributed by atoms with Gasteiger partial charge >= 0.3 is 0 Å². The monoisotopic (exact) mass is 224 g/mol. The van der Waals surface area contributed by atoms with Crippen LogP contribution in [0.15, 0.2) is 0 Å². The van der Waals surface area contributed by atoms with Crippen LogP contribution in [0.5, 0.6) is 0 Å². The van der Waals surface area contributed by atoms with Crippen molar-refractivity contribution in [3.63, 3.8) is 0 Å². The summed E-state index contributed by atoms with van der Waals surface area (Å²) in [6.07, 6.45) is 0. The molecular weight excluding hydrogens is 204 g/mol. The number of thiol groups is 1. The number of carbonyl (C=O) groups excluding carboxylic acids is 1. The van der Waals surface area contributed by atoms with E-state index in [1.54, 1.807) is 0 Å². The molecule has 0 aliphatic heterocycles. The Hall–Kier alpha value is -0.300. The summed E-state index contributed by atoms with van der Waals surface area (Å²) in [6, 6.07) is -0.927. The van der Waals surface area contributed by atoms with Gasteiger partial charge in [-0.05, 0) is 0 Å². The van der Waals surface area contributed by atoms with Gasteiger partial charge in [-0.1, -0.05) is 0 Å². The van der Waals surface area contributed by atoms with Crippen LogP contribution in [-0.2, 0) is 4.79 Å². The third-order valence-corrected chi connectivity index (χ3v) is 1.66. The van der Waals surface area contributed by atoms with Crippen LogP contribution in [0, 0.1) is 0 Å². The fourth-order valence-corrected chi connectivity index (χ4v) is 0.524. The van der Waals surface area contributed by atoms with Gasteiger partial charge in [0, 0.05) is 5.75 Å². The minimum absolute atomic E-state index is 0.127. The topological polar surface area (TPSA) is 86.4 Å². The zero-order valence-electron chi connectivity index (χ0n) is 8.93. The van der Waals surface area contributed by atoms with Crippen LogP contribution in [0.1, 0.15) is 0 Å². The van der Waals surface area contributed by atoms with Crippen molar-refractivity contribution in [2.24, 2.45) is 5.73 Å². The van der Waals surface area contributed by atoms with E-state index in [1.165, 1.54) is 0 Å². The van der Waals surface area contributed by atoms with E-state index >= 15 is 0 Å². The van der Waals surface area contributed by atoms with Gasteiger partial charge in [0.05, 0.1) is 39.8 Å². The van der Waals surface area contributed by atoms with Gasteiger partial charge in [0.1, 0.15) is 6.54 Å². The Bertz CT molecular complexity index is 159. The first-order valence-electron chi connectivity index (χ1n) is 4.23. The van der Waals surface area contributed by atoms with Crippen molar-refractivity contribution < 1.29 is 19.5 Å². The smallest absolute Gasteiger partial charge is 0.101 e. The molecule has 0 aromatic carbocycles. The number of nitrogens with two attached hydrogens (primary N) is 1. The molecule has 0 rings (SSSR count). The molecule has 6 heteroatoms. The van der Waals surface area contributed by atoms with Crippen LogP contribution in [0.25, 0.3) is 0 Å². The summed E-state index contributed by atoms with van der Waals surface area (Å²) in [4.78, 5) is 9.65. The van der Waals surface area contributed by atoms with E-state index in [4.69, 9.17) is 10.8 Å². The molecule has 0 spiro atoms. The van der Waals surface area contributed by atoms with Gasteiger partial charge < -0.3 is 25.2 Å². The van der Waals surface area contributed by atoms with E-state index in [0.29, 0.717) is 0 Å². The fourth-order valence-electron chi connectivity index (χ4n) is 0.375. The molecule has 0 bridgehead atoms. The third kappa shape index (κ3) is 14.2. The number of carboxylic acid groups (broad SMARTS) is 1. The summed E-state index contributed by atoms with van der Waals surface area (Å²) in [6.45, 7) is 1.11. The molecule has 0 amide bonds. The Morgan fingerprint density at radius 1 is 1.57 bits per heavy atom. The van der Waals surface area contributed by atoms with Gasteiger partial charge in [-0.2, -0.15) is 12.6 Å². The summed E-state index contributed by atoms with van der Waals surface area (Å²) in [5.41, 5.74) is 4.88. The van der Waals surface area contributed by atoms with Gasteiger partial charge in [0.15, 0.2) is 0 Å².